The van der Waals surface area contributed by atoms with Crippen molar-refractivity contribution < 1.29 is 14.3 Å². The van der Waals surface area contributed by atoms with E-state index >= 15 is 0 Å². The van der Waals surface area contributed by atoms with Gasteiger partial charge in [-0.05, 0) is 12.5 Å². The van der Waals surface area contributed by atoms with Crippen molar-refractivity contribution in [1.82, 2.24) is 5.32 Å². The zero-order chi connectivity index (χ0) is 10.1. The van der Waals surface area contributed by atoms with Crippen LogP contribution in [-0.2, 0) is 0 Å². The van der Waals surface area contributed by atoms with E-state index in [1.54, 1.807) is 6.92 Å². The minimum absolute atomic E-state index is 0.153. The molecule has 1 amide bonds. The van der Waals surface area contributed by atoms with Crippen LogP contribution >= 0.6 is 11.3 Å². The van der Waals surface area contributed by atoms with Gasteiger partial charge in [-0.3, -0.25) is 9.59 Å². The number of fused-ring (bicyclic) bond motifs is 1. The van der Waals surface area contributed by atoms with E-state index < -0.39 is 0 Å². The van der Waals surface area contributed by atoms with Crippen LogP contribution in [0.2, 0.25) is 0 Å². The molecule has 0 saturated heterocycles. The molecule has 0 radical (unpaired) electrons. The Morgan fingerprint density at radius 1 is 1.57 bits per heavy atom. The Morgan fingerprint density at radius 2 is 2.36 bits per heavy atom. The number of amides is 1. The van der Waals surface area contributed by atoms with E-state index in [2.05, 4.69) is 5.32 Å². The zero-order valence-electron chi connectivity index (χ0n) is 7.62. The molecule has 2 rings (SSSR count). The van der Waals surface area contributed by atoms with Crippen LogP contribution in [0.25, 0.3) is 0 Å². The van der Waals surface area contributed by atoms with E-state index in [4.69, 9.17) is 4.74 Å². The van der Waals surface area contributed by atoms with Gasteiger partial charge in [0, 0.05) is 0 Å². The lowest BCUT2D eigenvalue weighted by Crippen LogP contribution is -2.24. The first-order valence-electron chi connectivity index (χ1n) is 4.23. The van der Waals surface area contributed by atoms with Gasteiger partial charge >= 0.3 is 0 Å². The third-order valence-electron chi connectivity index (χ3n) is 2.11. The molecule has 1 aliphatic heterocycles. The van der Waals surface area contributed by atoms with E-state index in [0.29, 0.717) is 34.2 Å². The number of hydrogen-bond donors (Lipinski definition) is 1. The maximum atomic E-state index is 11.6. The average molecular weight is 211 g/mol. The summed E-state index contributed by atoms with van der Waals surface area (Å²) in [7, 11) is 0. The summed E-state index contributed by atoms with van der Waals surface area (Å²) in [5.41, 5.74) is 1.22. The highest BCUT2D eigenvalue weighted by Gasteiger charge is 2.23. The molecule has 4 nitrogen and oxygen atoms in total. The number of aldehydes is 1. The van der Waals surface area contributed by atoms with Crippen LogP contribution < -0.4 is 10.1 Å². The highest BCUT2D eigenvalue weighted by atomic mass is 32.1. The SMILES string of the molecule is Cc1c(C=O)sc2c1C(=O)NCCO2. The molecule has 1 aromatic heterocycles. The molecular formula is C9H9NO3S. The van der Waals surface area contributed by atoms with Crippen LogP contribution in [-0.4, -0.2) is 25.3 Å². The minimum Gasteiger partial charge on any atom is -0.481 e. The Bertz CT molecular complexity index is 397. The van der Waals surface area contributed by atoms with Gasteiger partial charge < -0.3 is 10.1 Å². The van der Waals surface area contributed by atoms with Crippen molar-refractivity contribution in [3.05, 3.63) is 16.0 Å². The minimum atomic E-state index is -0.153. The summed E-state index contributed by atoms with van der Waals surface area (Å²) in [6.07, 6.45) is 0.755. The van der Waals surface area contributed by atoms with Gasteiger partial charge in [0.1, 0.15) is 6.61 Å². The van der Waals surface area contributed by atoms with E-state index in [0.717, 1.165) is 6.29 Å². The van der Waals surface area contributed by atoms with Gasteiger partial charge in [-0.15, -0.1) is 0 Å². The lowest BCUT2D eigenvalue weighted by atomic mass is 10.1. The standard InChI is InChI=1S/C9H9NO3S/c1-5-6(4-11)14-9-7(5)8(12)10-2-3-13-9/h4H,2-3H2,1H3,(H,10,12). The molecule has 0 bridgehead atoms. The Labute approximate surface area is 84.9 Å². The van der Waals surface area contributed by atoms with Gasteiger partial charge in [-0.2, -0.15) is 0 Å². The summed E-state index contributed by atoms with van der Waals surface area (Å²) in [5, 5.41) is 3.26. The van der Waals surface area contributed by atoms with Gasteiger partial charge in [-0.1, -0.05) is 11.3 Å². The third kappa shape index (κ3) is 1.29. The third-order valence-corrected chi connectivity index (χ3v) is 3.24. The lowest BCUT2D eigenvalue weighted by Gasteiger charge is -1.97. The second-order valence-electron chi connectivity index (χ2n) is 2.98. The number of ether oxygens (including phenoxy) is 1. The lowest BCUT2D eigenvalue weighted by molar-refractivity contribution is 0.0957. The molecule has 0 spiro atoms. The zero-order valence-corrected chi connectivity index (χ0v) is 8.44. The summed E-state index contributed by atoms with van der Waals surface area (Å²) in [5.74, 6) is -0.153. The Morgan fingerprint density at radius 3 is 3.07 bits per heavy atom. The highest BCUT2D eigenvalue weighted by molar-refractivity contribution is 7.16. The van der Waals surface area contributed by atoms with Crippen LogP contribution in [0.4, 0.5) is 0 Å². The molecule has 2 heterocycles. The molecule has 0 saturated carbocycles. The fraction of sp³-hybridized carbons (Fsp3) is 0.333. The van der Waals surface area contributed by atoms with Crippen molar-refractivity contribution in [2.24, 2.45) is 0 Å². The van der Waals surface area contributed by atoms with Gasteiger partial charge in [0.15, 0.2) is 11.3 Å². The predicted octanol–water partition coefficient (Wildman–Crippen LogP) is 0.991. The Balaban J connectivity index is 2.56. The Hall–Kier alpha value is -1.36. The quantitative estimate of drug-likeness (QED) is 0.705. The first-order valence-corrected chi connectivity index (χ1v) is 5.05. The van der Waals surface area contributed by atoms with Crippen molar-refractivity contribution >= 4 is 23.5 Å². The maximum Gasteiger partial charge on any atom is 0.256 e. The molecule has 5 heteroatoms. The predicted molar refractivity (Wildman–Crippen MR) is 52.3 cm³/mol. The number of thiophene rings is 1. The van der Waals surface area contributed by atoms with Crippen molar-refractivity contribution in [3.8, 4) is 5.06 Å². The van der Waals surface area contributed by atoms with Gasteiger partial charge in [-0.25, -0.2) is 0 Å². The molecule has 0 fully saturated rings. The first-order chi connectivity index (χ1) is 6.74. The summed E-state index contributed by atoms with van der Waals surface area (Å²) in [6, 6.07) is 0. The summed E-state index contributed by atoms with van der Waals surface area (Å²) >= 11 is 1.23. The van der Waals surface area contributed by atoms with Crippen molar-refractivity contribution in [2.75, 3.05) is 13.2 Å². The van der Waals surface area contributed by atoms with Crippen LogP contribution in [0.5, 0.6) is 5.06 Å². The van der Waals surface area contributed by atoms with Gasteiger partial charge in [0.05, 0.1) is 17.0 Å². The topological polar surface area (TPSA) is 55.4 Å². The second-order valence-corrected chi connectivity index (χ2v) is 3.99. The van der Waals surface area contributed by atoms with Crippen LogP contribution in [0.15, 0.2) is 0 Å². The number of hydrogen-bond acceptors (Lipinski definition) is 4. The molecule has 1 aliphatic rings. The molecule has 74 valence electrons. The average Bonchev–Trinajstić information content (AvgIpc) is 2.37. The number of nitrogens with one attached hydrogen (secondary N) is 1. The number of carbonyl (C=O) groups is 2. The maximum absolute atomic E-state index is 11.6. The van der Waals surface area contributed by atoms with E-state index in [1.807, 2.05) is 0 Å². The van der Waals surface area contributed by atoms with Gasteiger partial charge in [0.25, 0.3) is 5.91 Å². The highest BCUT2D eigenvalue weighted by Crippen LogP contribution is 2.34. The molecular weight excluding hydrogens is 202 g/mol. The van der Waals surface area contributed by atoms with E-state index in [-0.39, 0.29) is 5.91 Å². The fourth-order valence-corrected chi connectivity index (χ4v) is 2.37. The molecule has 0 unspecified atom stereocenters. The number of carbonyl (C=O) groups excluding carboxylic acids is 2. The molecule has 0 atom stereocenters. The second kappa shape index (κ2) is 3.42. The van der Waals surface area contributed by atoms with E-state index in [9.17, 15) is 9.59 Å². The fourth-order valence-electron chi connectivity index (χ4n) is 1.38. The summed E-state index contributed by atoms with van der Waals surface area (Å²) in [6.45, 7) is 2.72. The van der Waals surface area contributed by atoms with Crippen molar-refractivity contribution in [3.63, 3.8) is 0 Å². The normalized spacial score (nSPS) is 15.1. The summed E-state index contributed by atoms with van der Waals surface area (Å²) < 4.78 is 5.36. The molecule has 1 aromatic rings. The summed E-state index contributed by atoms with van der Waals surface area (Å²) in [4.78, 5) is 22.8. The number of rotatable bonds is 1. The van der Waals surface area contributed by atoms with Crippen LogP contribution in [0.3, 0.4) is 0 Å². The molecule has 0 aromatic carbocycles. The first kappa shape index (κ1) is 9.21. The largest absolute Gasteiger partial charge is 0.481 e. The van der Waals surface area contributed by atoms with Gasteiger partial charge in [0.2, 0.25) is 0 Å². The van der Waals surface area contributed by atoms with Crippen LogP contribution in [0, 0.1) is 6.92 Å². The molecule has 0 aliphatic carbocycles. The monoisotopic (exact) mass is 211 g/mol. The van der Waals surface area contributed by atoms with Crippen molar-refractivity contribution in [1.29, 1.82) is 0 Å². The Kier molecular flexibility index (Phi) is 2.25. The van der Waals surface area contributed by atoms with Crippen LogP contribution in [0.1, 0.15) is 25.6 Å². The molecule has 14 heavy (non-hydrogen) atoms. The van der Waals surface area contributed by atoms with E-state index in [1.165, 1.54) is 11.3 Å². The smallest absolute Gasteiger partial charge is 0.256 e. The molecule has 1 N–H and O–H groups in total. The van der Waals surface area contributed by atoms with Crippen molar-refractivity contribution in [2.45, 2.75) is 6.92 Å².